The summed E-state index contributed by atoms with van der Waals surface area (Å²) < 4.78 is 1.98. The lowest BCUT2D eigenvalue weighted by atomic mass is 10.1. The van der Waals surface area contributed by atoms with E-state index in [-0.39, 0.29) is 5.91 Å². The Morgan fingerprint density at radius 1 is 1.17 bits per heavy atom. The highest BCUT2D eigenvalue weighted by molar-refractivity contribution is 7.12. The first kappa shape index (κ1) is 14.7. The first-order chi connectivity index (χ1) is 11.7. The van der Waals surface area contributed by atoms with Crippen LogP contribution in [-0.2, 0) is 0 Å². The molecule has 0 bridgehead atoms. The maximum absolute atomic E-state index is 12.3. The molecule has 1 amide bonds. The van der Waals surface area contributed by atoms with Gasteiger partial charge in [0, 0.05) is 23.6 Å². The van der Waals surface area contributed by atoms with Crippen molar-refractivity contribution in [1.29, 1.82) is 0 Å². The SMILES string of the molecule is Cc1csc(C(=O)Nc2cccc(-c3cn4ccccc4n3)c2)c1. The van der Waals surface area contributed by atoms with E-state index >= 15 is 0 Å². The molecule has 3 heterocycles. The van der Waals surface area contributed by atoms with Crippen molar-refractivity contribution in [3.63, 3.8) is 0 Å². The van der Waals surface area contributed by atoms with Crippen molar-refractivity contribution in [2.45, 2.75) is 6.92 Å². The molecule has 0 radical (unpaired) electrons. The fourth-order valence-corrected chi connectivity index (χ4v) is 3.37. The minimum Gasteiger partial charge on any atom is -0.321 e. The summed E-state index contributed by atoms with van der Waals surface area (Å²) in [4.78, 5) is 17.6. The lowest BCUT2D eigenvalue weighted by molar-refractivity contribution is 0.103. The third-order valence-electron chi connectivity index (χ3n) is 3.73. The molecule has 4 nitrogen and oxygen atoms in total. The fraction of sp³-hybridized carbons (Fsp3) is 0.0526. The molecule has 0 saturated heterocycles. The number of aromatic nitrogens is 2. The third kappa shape index (κ3) is 2.81. The van der Waals surface area contributed by atoms with Crippen molar-refractivity contribution in [2.24, 2.45) is 0 Å². The van der Waals surface area contributed by atoms with E-state index < -0.39 is 0 Å². The van der Waals surface area contributed by atoms with Gasteiger partial charge in [0.1, 0.15) is 5.65 Å². The summed E-state index contributed by atoms with van der Waals surface area (Å²) in [5, 5.41) is 4.93. The number of thiophene rings is 1. The van der Waals surface area contributed by atoms with E-state index in [0.717, 1.165) is 28.2 Å². The van der Waals surface area contributed by atoms with Gasteiger partial charge in [-0.05, 0) is 48.2 Å². The van der Waals surface area contributed by atoms with Crippen LogP contribution in [0.15, 0.2) is 66.3 Å². The zero-order valence-electron chi connectivity index (χ0n) is 13.1. The molecule has 1 N–H and O–H groups in total. The van der Waals surface area contributed by atoms with E-state index in [2.05, 4.69) is 10.3 Å². The van der Waals surface area contributed by atoms with E-state index in [1.807, 2.05) is 77.6 Å². The second kappa shape index (κ2) is 5.94. The lowest BCUT2D eigenvalue weighted by Gasteiger charge is -2.05. The number of carbonyl (C=O) groups excluding carboxylic acids is 1. The number of benzene rings is 1. The molecule has 0 spiro atoms. The van der Waals surface area contributed by atoms with Gasteiger partial charge in [-0.25, -0.2) is 4.98 Å². The first-order valence-corrected chi connectivity index (χ1v) is 8.48. The molecule has 118 valence electrons. The van der Waals surface area contributed by atoms with Crippen molar-refractivity contribution < 1.29 is 4.79 Å². The number of nitrogens with zero attached hydrogens (tertiary/aromatic N) is 2. The van der Waals surface area contributed by atoms with Crippen LogP contribution in [0.3, 0.4) is 0 Å². The predicted octanol–water partition coefficient (Wildman–Crippen LogP) is 4.62. The van der Waals surface area contributed by atoms with E-state index in [1.54, 1.807) is 0 Å². The Hall–Kier alpha value is -2.92. The molecule has 4 aromatic rings. The van der Waals surface area contributed by atoms with E-state index in [0.29, 0.717) is 4.88 Å². The second-order valence-electron chi connectivity index (χ2n) is 5.62. The van der Waals surface area contributed by atoms with Gasteiger partial charge < -0.3 is 9.72 Å². The van der Waals surface area contributed by atoms with E-state index in [9.17, 15) is 4.79 Å². The van der Waals surface area contributed by atoms with Gasteiger partial charge in [-0.15, -0.1) is 11.3 Å². The molecule has 0 saturated carbocycles. The number of nitrogens with one attached hydrogen (secondary N) is 1. The van der Waals surface area contributed by atoms with Crippen molar-refractivity contribution in [3.8, 4) is 11.3 Å². The molecule has 0 fully saturated rings. The number of anilines is 1. The molecule has 5 heteroatoms. The van der Waals surface area contributed by atoms with Crippen LogP contribution in [0.4, 0.5) is 5.69 Å². The molecular weight excluding hydrogens is 318 g/mol. The standard InChI is InChI=1S/C19H15N3OS/c1-13-9-17(24-12-13)19(23)20-15-6-4-5-14(10-15)16-11-22-8-3-2-7-18(22)21-16/h2-12H,1H3,(H,20,23). The molecule has 24 heavy (non-hydrogen) atoms. The molecule has 0 aliphatic heterocycles. The van der Waals surface area contributed by atoms with Crippen molar-refractivity contribution >= 4 is 28.6 Å². The zero-order valence-corrected chi connectivity index (χ0v) is 13.9. The Kier molecular flexibility index (Phi) is 3.63. The average molecular weight is 333 g/mol. The largest absolute Gasteiger partial charge is 0.321 e. The summed E-state index contributed by atoms with van der Waals surface area (Å²) in [6, 6.07) is 15.5. The van der Waals surface area contributed by atoms with Crippen molar-refractivity contribution in [2.75, 3.05) is 5.32 Å². The molecular formula is C19H15N3OS. The average Bonchev–Trinajstić information content (AvgIpc) is 3.21. The number of imidazole rings is 1. The molecule has 1 aromatic carbocycles. The normalized spacial score (nSPS) is 10.9. The monoisotopic (exact) mass is 333 g/mol. The van der Waals surface area contributed by atoms with Crippen molar-refractivity contribution in [1.82, 2.24) is 9.38 Å². The predicted molar refractivity (Wildman–Crippen MR) is 97.6 cm³/mol. The number of pyridine rings is 1. The quantitative estimate of drug-likeness (QED) is 0.594. The van der Waals surface area contributed by atoms with Gasteiger partial charge in [0.05, 0.1) is 10.6 Å². The fourth-order valence-electron chi connectivity index (χ4n) is 2.57. The molecule has 0 unspecified atom stereocenters. The van der Waals surface area contributed by atoms with Gasteiger partial charge >= 0.3 is 0 Å². The van der Waals surface area contributed by atoms with Gasteiger partial charge in [0.2, 0.25) is 0 Å². The first-order valence-electron chi connectivity index (χ1n) is 7.60. The Morgan fingerprint density at radius 3 is 2.88 bits per heavy atom. The number of rotatable bonds is 3. The van der Waals surface area contributed by atoms with Crippen LogP contribution in [-0.4, -0.2) is 15.3 Å². The van der Waals surface area contributed by atoms with Crippen LogP contribution >= 0.6 is 11.3 Å². The summed E-state index contributed by atoms with van der Waals surface area (Å²) in [7, 11) is 0. The number of amides is 1. The summed E-state index contributed by atoms with van der Waals surface area (Å²) in [6.07, 6.45) is 3.95. The highest BCUT2D eigenvalue weighted by Gasteiger charge is 2.10. The van der Waals surface area contributed by atoms with Crippen LogP contribution in [0.2, 0.25) is 0 Å². The van der Waals surface area contributed by atoms with Crippen LogP contribution in [0.5, 0.6) is 0 Å². The number of hydrogen-bond donors (Lipinski definition) is 1. The maximum Gasteiger partial charge on any atom is 0.265 e. The summed E-state index contributed by atoms with van der Waals surface area (Å²) in [6.45, 7) is 1.98. The smallest absolute Gasteiger partial charge is 0.265 e. The lowest BCUT2D eigenvalue weighted by Crippen LogP contribution is -2.10. The van der Waals surface area contributed by atoms with Gasteiger partial charge in [-0.3, -0.25) is 4.79 Å². The Balaban J connectivity index is 1.62. The van der Waals surface area contributed by atoms with Gasteiger partial charge in [-0.2, -0.15) is 0 Å². The third-order valence-corrected chi connectivity index (χ3v) is 4.78. The minimum absolute atomic E-state index is 0.0831. The molecule has 0 atom stereocenters. The molecule has 4 rings (SSSR count). The number of fused-ring (bicyclic) bond motifs is 1. The van der Waals surface area contributed by atoms with E-state index in [1.165, 1.54) is 11.3 Å². The van der Waals surface area contributed by atoms with Crippen LogP contribution < -0.4 is 5.32 Å². The molecule has 0 aliphatic carbocycles. The Labute approximate surface area is 143 Å². The zero-order chi connectivity index (χ0) is 16.5. The molecule has 0 aliphatic rings. The van der Waals surface area contributed by atoms with Gasteiger partial charge in [0.15, 0.2) is 0 Å². The minimum atomic E-state index is -0.0831. The summed E-state index contributed by atoms with van der Waals surface area (Å²) in [5.74, 6) is -0.0831. The highest BCUT2D eigenvalue weighted by atomic mass is 32.1. The van der Waals surface area contributed by atoms with Gasteiger partial charge in [-0.1, -0.05) is 18.2 Å². The second-order valence-corrected chi connectivity index (χ2v) is 6.53. The van der Waals surface area contributed by atoms with Crippen LogP contribution in [0, 0.1) is 6.92 Å². The van der Waals surface area contributed by atoms with Crippen molar-refractivity contribution in [3.05, 3.63) is 76.7 Å². The number of carbonyl (C=O) groups is 1. The maximum atomic E-state index is 12.3. The van der Waals surface area contributed by atoms with Gasteiger partial charge in [0.25, 0.3) is 5.91 Å². The number of hydrogen-bond acceptors (Lipinski definition) is 3. The van der Waals surface area contributed by atoms with Crippen LogP contribution in [0.25, 0.3) is 16.9 Å². The Bertz CT molecular complexity index is 999. The van der Waals surface area contributed by atoms with Crippen LogP contribution in [0.1, 0.15) is 15.2 Å². The topological polar surface area (TPSA) is 46.4 Å². The molecule has 3 aromatic heterocycles. The summed E-state index contributed by atoms with van der Waals surface area (Å²) >= 11 is 1.45. The van der Waals surface area contributed by atoms with E-state index in [4.69, 9.17) is 0 Å². The highest BCUT2D eigenvalue weighted by Crippen LogP contribution is 2.23. The number of aryl methyl sites for hydroxylation is 1. The summed E-state index contributed by atoms with van der Waals surface area (Å²) in [5.41, 5.74) is 4.61. The Morgan fingerprint density at radius 2 is 2.08 bits per heavy atom.